The third-order valence-corrected chi connectivity index (χ3v) is 6.12. The minimum atomic E-state index is -0.765. The molecule has 0 amide bonds. The maximum atomic E-state index is 12.4. The molecule has 0 aromatic rings. The summed E-state index contributed by atoms with van der Waals surface area (Å²) in [7, 11) is -0.765. The van der Waals surface area contributed by atoms with E-state index < -0.39 is 10.8 Å². The van der Waals surface area contributed by atoms with Crippen LogP contribution in [0.5, 0.6) is 0 Å². The second-order valence-electron chi connectivity index (χ2n) is 5.65. The number of rotatable bonds is 4. The minimum Gasteiger partial charge on any atom is -0.381 e. The summed E-state index contributed by atoms with van der Waals surface area (Å²) in [4.78, 5) is 0. The van der Waals surface area contributed by atoms with Crippen LogP contribution in [0, 0.1) is 5.92 Å². The molecule has 0 aliphatic carbocycles. The smallest absolute Gasteiger partial charge is 0.0737 e. The molecule has 0 saturated carbocycles. The molecule has 0 bridgehead atoms. The van der Waals surface area contributed by atoms with Crippen LogP contribution >= 0.6 is 0 Å². The average Bonchev–Trinajstić information content (AvgIpc) is 2.39. The van der Waals surface area contributed by atoms with E-state index in [1.54, 1.807) is 0 Å². The van der Waals surface area contributed by atoms with Gasteiger partial charge in [-0.1, -0.05) is 6.92 Å². The molecule has 2 heterocycles. The molecule has 5 heteroatoms. The van der Waals surface area contributed by atoms with Crippen LogP contribution in [-0.2, 0) is 20.3 Å². The molecule has 2 aliphatic heterocycles. The summed E-state index contributed by atoms with van der Waals surface area (Å²) < 4.78 is 23.7. The summed E-state index contributed by atoms with van der Waals surface area (Å²) in [5, 5.41) is 0.283. The van der Waals surface area contributed by atoms with E-state index in [1.807, 2.05) is 0 Å². The summed E-state index contributed by atoms with van der Waals surface area (Å²) in [5.41, 5.74) is 5.56. The summed E-state index contributed by atoms with van der Waals surface area (Å²) >= 11 is 0. The molecule has 0 aromatic heterocycles. The van der Waals surface area contributed by atoms with Gasteiger partial charge in [-0.05, 0) is 38.1 Å². The first-order valence-electron chi connectivity index (χ1n) is 6.94. The first kappa shape index (κ1) is 14.4. The fourth-order valence-electron chi connectivity index (χ4n) is 2.78. The molecule has 1 spiro atoms. The van der Waals surface area contributed by atoms with Crippen LogP contribution in [-0.4, -0.2) is 47.2 Å². The molecule has 2 fully saturated rings. The number of hydrogen-bond donors (Lipinski definition) is 1. The van der Waals surface area contributed by atoms with E-state index in [0.29, 0.717) is 12.5 Å². The van der Waals surface area contributed by atoms with Crippen LogP contribution in [0.25, 0.3) is 0 Å². The Hall–Kier alpha value is 0.0300. The highest BCUT2D eigenvalue weighted by molar-refractivity contribution is 7.85. The SMILES string of the molecule is CC(CN)CS(=O)C1CCOC2(CCOCC2)C1. The van der Waals surface area contributed by atoms with Gasteiger partial charge in [-0.15, -0.1) is 0 Å². The zero-order chi connectivity index (χ0) is 13.0. The highest BCUT2D eigenvalue weighted by Gasteiger charge is 2.40. The quantitative estimate of drug-likeness (QED) is 0.833. The minimum absolute atomic E-state index is 0.0528. The predicted molar refractivity (Wildman–Crippen MR) is 73.0 cm³/mol. The maximum Gasteiger partial charge on any atom is 0.0737 e. The van der Waals surface area contributed by atoms with Crippen molar-refractivity contribution in [1.82, 2.24) is 0 Å². The van der Waals surface area contributed by atoms with Gasteiger partial charge in [0.1, 0.15) is 0 Å². The van der Waals surface area contributed by atoms with E-state index in [9.17, 15) is 4.21 Å². The topological polar surface area (TPSA) is 61.6 Å². The summed E-state index contributed by atoms with van der Waals surface area (Å²) in [5.74, 6) is 1.08. The second-order valence-corrected chi connectivity index (χ2v) is 7.41. The molecule has 0 aromatic carbocycles. The zero-order valence-electron chi connectivity index (χ0n) is 11.2. The predicted octanol–water partition coefficient (Wildman–Crippen LogP) is 1.06. The summed E-state index contributed by atoms with van der Waals surface area (Å²) in [6.07, 6.45) is 3.76. The van der Waals surface area contributed by atoms with Gasteiger partial charge in [-0.3, -0.25) is 4.21 Å². The lowest BCUT2D eigenvalue weighted by atomic mass is 9.86. The zero-order valence-corrected chi connectivity index (χ0v) is 12.0. The fourth-order valence-corrected chi connectivity index (χ4v) is 4.60. The van der Waals surface area contributed by atoms with Gasteiger partial charge in [0, 0.05) is 41.6 Å². The van der Waals surface area contributed by atoms with Gasteiger partial charge < -0.3 is 15.2 Å². The average molecular weight is 275 g/mol. The lowest BCUT2D eigenvalue weighted by molar-refractivity contribution is -0.131. The first-order chi connectivity index (χ1) is 8.65. The van der Waals surface area contributed by atoms with E-state index in [0.717, 1.165) is 51.3 Å². The van der Waals surface area contributed by atoms with Crippen LogP contribution in [0.2, 0.25) is 0 Å². The van der Waals surface area contributed by atoms with Gasteiger partial charge in [0.25, 0.3) is 0 Å². The van der Waals surface area contributed by atoms with Crippen LogP contribution in [0.4, 0.5) is 0 Å². The highest BCUT2D eigenvalue weighted by Crippen LogP contribution is 2.36. The molecule has 2 saturated heterocycles. The number of hydrogen-bond acceptors (Lipinski definition) is 4. The molecule has 18 heavy (non-hydrogen) atoms. The molecule has 3 unspecified atom stereocenters. The lowest BCUT2D eigenvalue weighted by Crippen LogP contribution is -2.47. The molecule has 0 radical (unpaired) electrons. The molecule has 2 rings (SSSR count). The van der Waals surface area contributed by atoms with Crippen molar-refractivity contribution >= 4 is 10.8 Å². The Kier molecular flexibility index (Phi) is 5.18. The normalized spacial score (nSPS) is 31.1. The Labute approximate surface area is 112 Å². The van der Waals surface area contributed by atoms with Crippen LogP contribution in [0.1, 0.15) is 32.6 Å². The molecule has 2 aliphatic rings. The third kappa shape index (κ3) is 3.53. The van der Waals surface area contributed by atoms with Crippen molar-refractivity contribution in [3.05, 3.63) is 0 Å². The molecule has 2 N–H and O–H groups in total. The van der Waals surface area contributed by atoms with E-state index in [-0.39, 0.29) is 10.9 Å². The molecule has 106 valence electrons. The Morgan fingerprint density at radius 2 is 2.11 bits per heavy atom. The van der Waals surface area contributed by atoms with Crippen molar-refractivity contribution in [2.45, 2.75) is 43.5 Å². The van der Waals surface area contributed by atoms with E-state index in [1.165, 1.54) is 0 Å². The third-order valence-electron chi connectivity index (χ3n) is 4.07. The van der Waals surface area contributed by atoms with Gasteiger partial charge in [0.05, 0.1) is 5.60 Å². The van der Waals surface area contributed by atoms with E-state index >= 15 is 0 Å². The summed E-state index contributed by atoms with van der Waals surface area (Å²) in [6.45, 7) is 4.99. The van der Waals surface area contributed by atoms with Gasteiger partial charge in [-0.2, -0.15) is 0 Å². The van der Waals surface area contributed by atoms with Crippen molar-refractivity contribution in [3.63, 3.8) is 0 Å². The maximum absolute atomic E-state index is 12.4. The first-order valence-corrected chi connectivity index (χ1v) is 8.32. The van der Waals surface area contributed by atoms with Crippen molar-refractivity contribution in [1.29, 1.82) is 0 Å². The summed E-state index contributed by atoms with van der Waals surface area (Å²) in [6, 6.07) is 0. The Bertz CT molecular complexity index is 286. The Balaban J connectivity index is 1.91. The number of ether oxygens (including phenoxy) is 2. The van der Waals surface area contributed by atoms with Crippen LogP contribution in [0.15, 0.2) is 0 Å². The number of nitrogens with two attached hydrogens (primary N) is 1. The lowest BCUT2D eigenvalue weighted by Gasteiger charge is -2.43. The molecule has 4 nitrogen and oxygen atoms in total. The van der Waals surface area contributed by atoms with Crippen molar-refractivity contribution < 1.29 is 13.7 Å². The van der Waals surface area contributed by atoms with Gasteiger partial charge in [0.15, 0.2) is 0 Å². The van der Waals surface area contributed by atoms with E-state index in [4.69, 9.17) is 15.2 Å². The van der Waals surface area contributed by atoms with Crippen molar-refractivity contribution in [3.8, 4) is 0 Å². The molecule has 3 atom stereocenters. The molecular weight excluding hydrogens is 250 g/mol. The Morgan fingerprint density at radius 3 is 2.78 bits per heavy atom. The Morgan fingerprint density at radius 1 is 1.39 bits per heavy atom. The second kappa shape index (κ2) is 6.46. The van der Waals surface area contributed by atoms with Crippen molar-refractivity contribution in [2.75, 3.05) is 32.1 Å². The molecular formula is C13H25NO3S. The van der Waals surface area contributed by atoms with Gasteiger partial charge >= 0.3 is 0 Å². The van der Waals surface area contributed by atoms with Crippen LogP contribution in [0.3, 0.4) is 0 Å². The van der Waals surface area contributed by atoms with Crippen LogP contribution < -0.4 is 5.73 Å². The van der Waals surface area contributed by atoms with Gasteiger partial charge in [0.2, 0.25) is 0 Å². The highest BCUT2D eigenvalue weighted by atomic mass is 32.2. The van der Waals surface area contributed by atoms with Gasteiger partial charge in [-0.25, -0.2) is 0 Å². The largest absolute Gasteiger partial charge is 0.381 e. The standard InChI is InChI=1S/C13H25NO3S/c1-11(9-14)10-18(15)12-2-5-17-13(8-12)3-6-16-7-4-13/h11-12H,2-10,14H2,1H3. The van der Waals surface area contributed by atoms with E-state index in [2.05, 4.69) is 6.92 Å². The van der Waals surface area contributed by atoms with Crippen molar-refractivity contribution in [2.24, 2.45) is 11.7 Å². The fraction of sp³-hybridized carbons (Fsp3) is 1.00. The monoisotopic (exact) mass is 275 g/mol.